The molecule has 18 heavy (non-hydrogen) atoms. The minimum absolute atomic E-state index is 0.305. The van der Waals surface area contributed by atoms with E-state index in [0.717, 1.165) is 12.1 Å². The highest BCUT2D eigenvalue weighted by molar-refractivity contribution is 5.32. The van der Waals surface area contributed by atoms with Crippen LogP contribution in [0.1, 0.15) is 22.8 Å². The van der Waals surface area contributed by atoms with E-state index in [0.29, 0.717) is 11.1 Å². The predicted octanol–water partition coefficient (Wildman–Crippen LogP) is 2.63. The second-order valence-electron chi connectivity index (χ2n) is 4.20. The van der Waals surface area contributed by atoms with E-state index in [1.54, 1.807) is 18.2 Å². The standard InChI is InChI=1S/C15H16FNO/c1-17-10-11-6-8-12(9-7-11)15(18)13-4-2-3-5-14(13)16/h2-9,15,17-18H,10H2,1H3. The van der Waals surface area contributed by atoms with Crippen molar-refractivity contribution >= 4 is 0 Å². The van der Waals surface area contributed by atoms with Crippen LogP contribution in [-0.4, -0.2) is 12.2 Å². The Balaban J connectivity index is 2.23. The van der Waals surface area contributed by atoms with Crippen molar-refractivity contribution < 1.29 is 9.50 Å². The maximum Gasteiger partial charge on any atom is 0.129 e. The second kappa shape index (κ2) is 5.76. The van der Waals surface area contributed by atoms with Crippen LogP contribution in [0.3, 0.4) is 0 Å². The molecule has 94 valence electrons. The number of aliphatic hydroxyl groups excluding tert-OH is 1. The normalized spacial score (nSPS) is 12.4. The van der Waals surface area contributed by atoms with Gasteiger partial charge in [0, 0.05) is 12.1 Å². The molecule has 2 aromatic carbocycles. The third-order valence-electron chi connectivity index (χ3n) is 2.88. The number of rotatable bonds is 4. The summed E-state index contributed by atoms with van der Waals surface area (Å²) in [6.45, 7) is 0.774. The first-order chi connectivity index (χ1) is 8.72. The van der Waals surface area contributed by atoms with E-state index in [2.05, 4.69) is 5.32 Å². The van der Waals surface area contributed by atoms with Crippen LogP contribution in [-0.2, 0) is 6.54 Å². The molecule has 0 spiro atoms. The zero-order valence-electron chi connectivity index (χ0n) is 10.2. The highest BCUT2D eigenvalue weighted by atomic mass is 19.1. The molecule has 1 atom stereocenters. The molecule has 0 saturated heterocycles. The Hall–Kier alpha value is -1.71. The SMILES string of the molecule is CNCc1ccc(C(O)c2ccccc2F)cc1. The summed E-state index contributed by atoms with van der Waals surface area (Å²) in [5.74, 6) is -0.385. The van der Waals surface area contributed by atoms with Crippen LogP contribution in [0, 0.1) is 5.82 Å². The summed E-state index contributed by atoms with van der Waals surface area (Å²) in [6, 6.07) is 13.8. The molecule has 0 aliphatic heterocycles. The third-order valence-corrected chi connectivity index (χ3v) is 2.88. The Morgan fingerprint density at radius 1 is 1.11 bits per heavy atom. The van der Waals surface area contributed by atoms with Crippen molar-refractivity contribution in [1.82, 2.24) is 5.32 Å². The van der Waals surface area contributed by atoms with E-state index < -0.39 is 6.10 Å². The van der Waals surface area contributed by atoms with Crippen molar-refractivity contribution in [3.63, 3.8) is 0 Å². The zero-order chi connectivity index (χ0) is 13.0. The number of hydrogen-bond acceptors (Lipinski definition) is 2. The highest BCUT2D eigenvalue weighted by Gasteiger charge is 2.13. The molecule has 0 heterocycles. The lowest BCUT2D eigenvalue weighted by molar-refractivity contribution is 0.215. The monoisotopic (exact) mass is 245 g/mol. The fourth-order valence-electron chi connectivity index (χ4n) is 1.90. The van der Waals surface area contributed by atoms with Crippen LogP contribution in [0.5, 0.6) is 0 Å². The number of nitrogens with one attached hydrogen (secondary N) is 1. The van der Waals surface area contributed by atoms with Gasteiger partial charge >= 0.3 is 0 Å². The van der Waals surface area contributed by atoms with Gasteiger partial charge in [-0.05, 0) is 24.2 Å². The minimum Gasteiger partial charge on any atom is -0.384 e. The molecule has 3 heteroatoms. The average molecular weight is 245 g/mol. The lowest BCUT2D eigenvalue weighted by Gasteiger charge is -2.12. The molecule has 2 aromatic rings. The fraction of sp³-hybridized carbons (Fsp3) is 0.200. The van der Waals surface area contributed by atoms with Crippen molar-refractivity contribution in [2.45, 2.75) is 12.6 Å². The van der Waals surface area contributed by atoms with Crippen molar-refractivity contribution in [2.24, 2.45) is 0 Å². The molecule has 0 aromatic heterocycles. The summed E-state index contributed by atoms with van der Waals surface area (Å²) >= 11 is 0. The Bertz CT molecular complexity index is 510. The van der Waals surface area contributed by atoms with Crippen LogP contribution >= 0.6 is 0 Å². The molecule has 1 unspecified atom stereocenters. The van der Waals surface area contributed by atoms with Gasteiger partial charge in [0.25, 0.3) is 0 Å². The summed E-state index contributed by atoms with van der Waals surface area (Å²) in [5, 5.41) is 13.2. The van der Waals surface area contributed by atoms with Gasteiger partial charge in [-0.15, -0.1) is 0 Å². The molecule has 0 radical (unpaired) electrons. The highest BCUT2D eigenvalue weighted by Crippen LogP contribution is 2.24. The molecule has 0 saturated carbocycles. The summed E-state index contributed by atoms with van der Waals surface area (Å²) in [7, 11) is 1.88. The Morgan fingerprint density at radius 2 is 1.78 bits per heavy atom. The molecule has 0 bridgehead atoms. The first kappa shape index (κ1) is 12.7. The molecule has 0 aliphatic carbocycles. The molecule has 2 rings (SSSR count). The van der Waals surface area contributed by atoms with Gasteiger partial charge in [-0.3, -0.25) is 0 Å². The predicted molar refractivity (Wildman–Crippen MR) is 69.7 cm³/mol. The van der Waals surface area contributed by atoms with Gasteiger partial charge in [-0.1, -0.05) is 42.5 Å². The minimum atomic E-state index is -0.921. The van der Waals surface area contributed by atoms with E-state index in [1.807, 2.05) is 31.3 Å². The van der Waals surface area contributed by atoms with Crippen molar-refractivity contribution in [3.8, 4) is 0 Å². The van der Waals surface area contributed by atoms with Crippen LogP contribution in [0.25, 0.3) is 0 Å². The summed E-state index contributed by atoms with van der Waals surface area (Å²) in [5.41, 5.74) is 2.13. The molecule has 2 N–H and O–H groups in total. The van der Waals surface area contributed by atoms with E-state index >= 15 is 0 Å². The number of benzene rings is 2. The van der Waals surface area contributed by atoms with E-state index in [9.17, 15) is 9.50 Å². The van der Waals surface area contributed by atoms with Gasteiger partial charge in [0.15, 0.2) is 0 Å². The Morgan fingerprint density at radius 3 is 2.39 bits per heavy atom. The van der Waals surface area contributed by atoms with Gasteiger partial charge < -0.3 is 10.4 Å². The van der Waals surface area contributed by atoms with Crippen LogP contribution in [0.15, 0.2) is 48.5 Å². The molecular formula is C15H16FNO. The third kappa shape index (κ3) is 2.75. The van der Waals surface area contributed by atoms with Crippen molar-refractivity contribution in [1.29, 1.82) is 0 Å². The van der Waals surface area contributed by atoms with Crippen LogP contribution < -0.4 is 5.32 Å². The first-order valence-corrected chi connectivity index (χ1v) is 5.88. The summed E-state index contributed by atoms with van der Waals surface area (Å²) < 4.78 is 13.6. The van der Waals surface area contributed by atoms with E-state index in [1.165, 1.54) is 6.07 Å². The lowest BCUT2D eigenvalue weighted by atomic mass is 10.00. The maximum absolute atomic E-state index is 13.6. The van der Waals surface area contributed by atoms with Crippen LogP contribution in [0.2, 0.25) is 0 Å². The van der Waals surface area contributed by atoms with Gasteiger partial charge in [0.1, 0.15) is 11.9 Å². The molecule has 0 fully saturated rings. The average Bonchev–Trinajstić information content (AvgIpc) is 2.40. The van der Waals surface area contributed by atoms with Crippen molar-refractivity contribution in [3.05, 3.63) is 71.0 Å². The van der Waals surface area contributed by atoms with Crippen LogP contribution in [0.4, 0.5) is 4.39 Å². The fourth-order valence-corrected chi connectivity index (χ4v) is 1.90. The Kier molecular flexibility index (Phi) is 4.07. The molecule has 0 amide bonds. The van der Waals surface area contributed by atoms with Gasteiger partial charge in [0.05, 0.1) is 0 Å². The maximum atomic E-state index is 13.6. The number of hydrogen-bond donors (Lipinski definition) is 2. The number of halogens is 1. The molecule has 2 nitrogen and oxygen atoms in total. The van der Waals surface area contributed by atoms with E-state index in [4.69, 9.17) is 0 Å². The van der Waals surface area contributed by atoms with Crippen molar-refractivity contribution in [2.75, 3.05) is 7.05 Å². The Labute approximate surface area is 106 Å². The van der Waals surface area contributed by atoms with Gasteiger partial charge in [-0.25, -0.2) is 4.39 Å². The molecule has 0 aliphatic rings. The molecular weight excluding hydrogens is 229 g/mol. The summed E-state index contributed by atoms with van der Waals surface area (Å²) in [4.78, 5) is 0. The quantitative estimate of drug-likeness (QED) is 0.868. The topological polar surface area (TPSA) is 32.3 Å². The lowest BCUT2D eigenvalue weighted by Crippen LogP contribution is -2.06. The first-order valence-electron chi connectivity index (χ1n) is 5.88. The second-order valence-corrected chi connectivity index (χ2v) is 4.20. The van der Waals surface area contributed by atoms with E-state index in [-0.39, 0.29) is 5.82 Å². The largest absolute Gasteiger partial charge is 0.384 e. The number of aliphatic hydroxyl groups is 1. The van der Waals surface area contributed by atoms with Gasteiger partial charge in [0.2, 0.25) is 0 Å². The van der Waals surface area contributed by atoms with Gasteiger partial charge in [-0.2, -0.15) is 0 Å². The zero-order valence-corrected chi connectivity index (χ0v) is 10.2. The smallest absolute Gasteiger partial charge is 0.129 e. The summed E-state index contributed by atoms with van der Waals surface area (Å²) in [6.07, 6.45) is -0.921.